The smallest absolute Gasteiger partial charge is 0.210 e. The Bertz CT molecular complexity index is 425. The lowest BCUT2D eigenvalue weighted by Gasteiger charge is -2.19. The summed E-state index contributed by atoms with van der Waals surface area (Å²) in [5, 5.41) is 0. The topological polar surface area (TPSA) is 3.01 Å². The van der Waals surface area contributed by atoms with Gasteiger partial charge in [-0.3, -0.25) is 0 Å². The van der Waals surface area contributed by atoms with Gasteiger partial charge in [-0.15, -0.1) is 0 Å². The summed E-state index contributed by atoms with van der Waals surface area (Å²) in [5.74, 6) is 1.27. The van der Waals surface area contributed by atoms with Crippen molar-refractivity contribution in [2.24, 2.45) is 0 Å². The number of thioether (sulfide) groups is 2. The van der Waals surface area contributed by atoms with E-state index in [0.717, 1.165) is 12.6 Å². The number of rotatable bonds is 0. The van der Waals surface area contributed by atoms with E-state index < -0.39 is 0 Å². The quantitative estimate of drug-likeness (QED) is 0.637. The van der Waals surface area contributed by atoms with Crippen LogP contribution in [0.2, 0.25) is 0 Å². The molecule has 3 heteroatoms. The van der Waals surface area contributed by atoms with Crippen LogP contribution in [0.3, 0.4) is 0 Å². The van der Waals surface area contributed by atoms with E-state index in [1.165, 1.54) is 22.1 Å². The fourth-order valence-electron chi connectivity index (χ4n) is 2.38. The Balaban J connectivity index is 2.02. The van der Waals surface area contributed by atoms with Crippen LogP contribution in [0.1, 0.15) is 11.1 Å². The lowest BCUT2D eigenvalue weighted by molar-refractivity contribution is -0.572. The molecule has 0 amide bonds. The van der Waals surface area contributed by atoms with Gasteiger partial charge < -0.3 is 0 Å². The Morgan fingerprint density at radius 3 is 2.93 bits per heavy atom. The van der Waals surface area contributed by atoms with Crippen molar-refractivity contribution in [2.45, 2.75) is 19.0 Å². The molecular weight excluding hydrogens is 222 g/mol. The summed E-state index contributed by atoms with van der Waals surface area (Å²) < 4.78 is 4.09. The molecule has 0 fully saturated rings. The van der Waals surface area contributed by atoms with E-state index in [-0.39, 0.29) is 0 Å². The molecule has 0 bridgehead atoms. The zero-order valence-corrected chi connectivity index (χ0v) is 10.4. The van der Waals surface area contributed by atoms with E-state index in [1.807, 2.05) is 23.5 Å². The minimum atomic E-state index is 0.743. The second-order valence-corrected chi connectivity index (χ2v) is 6.10. The number of hydrogen-bond acceptors (Lipinski definition) is 2. The van der Waals surface area contributed by atoms with Gasteiger partial charge in [-0.25, -0.2) is 4.58 Å². The zero-order chi connectivity index (χ0) is 10.3. The van der Waals surface area contributed by atoms with Crippen molar-refractivity contribution in [3.05, 3.63) is 35.4 Å². The van der Waals surface area contributed by atoms with Crippen LogP contribution in [0.25, 0.3) is 0 Å². The van der Waals surface area contributed by atoms with E-state index in [1.54, 1.807) is 5.56 Å². The molecule has 2 aliphatic heterocycles. The maximum Gasteiger partial charge on any atom is 0.270 e. The van der Waals surface area contributed by atoms with Crippen molar-refractivity contribution >= 4 is 27.9 Å². The highest BCUT2D eigenvalue weighted by Crippen LogP contribution is 2.31. The van der Waals surface area contributed by atoms with E-state index in [2.05, 4.69) is 35.1 Å². The third kappa shape index (κ3) is 1.62. The largest absolute Gasteiger partial charge is 0.270 e. The molecule has 1 nitrogen and oxygen atoms in total. The molecule has 0 saturated heterocycles. The molecule has 15 heavy (non-hydrogen) atoms. The molecule has 1 aromatic carbocycles. The van der Waals surface area contributed by atoms with Crippen LogP contribution < -0.4 is 0 Å². The van der Waals surface area contributed by atoms with Gasteiger partial charge in [-0.05, 0) is 23.6 Å². The first-order valence-corrected chi connectivity index (χ1v) is 7.46. The molecule has 0 radical (unpaired) electrons. The van der Waals surface area contributed by atoms with Gasteiger partial charge in [0.1, 0.15) is 0 Å². The van der Waals surface area contributed by atoms with Crippen molar-refractivity contribution in [3.8, 4) is 0 Å². The molecule has 0 saturated carbocycles. The first-order chi connectivity index (χ1) is 7.38. The highest BCUT2D eigenvalue weighted by molar-refractivity contribution is 8.38. The summed E-state index contributed by atoms with van der Waals surface area (Å²) in [7, 11) is 0. The van der Waals surface area contributed by atoms with Crippen LogP contribution in [0.5, 0.6) is 0 Å². The van der Waals surface area contributed by atoms with Crippen LogP contribution >= 0.6 is 23.5 Å². The molecule has 2 heterocycles. The van der Waals surface area contributed by atoms with Crippen LogP contribution in [0, 0.1) is 0 Å². The molecule has 1 atom stereocenters. The molecule has 3 rings (SSSR count). The number of benzene rings is 1. The third-order valence-electron chi connectivity index (χ3n) is 3.16. The fourth-order valence-corrected chi connectivity index (χ4v) is 4.51. The van der Waals surface area contributed by atoms with Crippen LogP contribution in [-0.4, -0.2) is 27.0 Å². The standard InChI is InChI=1S/C12H14NS2/c1-14-12-13-7-10-5-3-2-4-9(10)6-11(13)8-15-12/h2-5,11H,6-8H2,1H3/q+1. The van der Waals surface area contributed by atoms with Crippen molar-refractivity contribution in [3.63, 3.8) is 0 Å². The molecule has 78 valence electrons. The van der Waals surface area contributed by atoms with Crippen molar-refractivity contribution in [2.75, 3.05) is 12.0 Å². The second-order valence-electron chi connectivity index (χ2n) is 4.04. The first kappa shape index (κ1) is 9.79. The number of hydrogen-bond donors (Lipinski definition) is 0. The van der Waals surface area contributed by atoms with Gasteiger partial charge in [0, 0.05) is 12.0 Å². The van der Waals surface area contributed by atoms with Crippen molar-refractivity contribution in [1.82, 2.24) is 0 Å². The minimum absolute atomic E-state index is 0.743. The van der Waals surface area contributed by atoms with E-state index in [4.69, 9.17) is 0 Å². The van der Waals surface area contributed by atoms with Gasteiger partial charge in [0.15, 0.2) is 12.6 Å². The molecule has 0 spiro atoms. The molecule has 2 aliphatic rings. The highest BCUT2D eigenvalue weighted by atomic mass is 32.2. The molecule has 0 aromatic heterocycles. The lowest BCUT2D eigenvalue weighted by Crippen LogP contribution is -2.32. The Kier molecular flexibility index (Phi) is 2.53. The summed E-state index contributed by atoms with van der Waals surface area (Å²) in [6, 6.07) is 9.62. The maximum absolute atomic E-state index is 2.58. The van der Waals surface area contributed by atoms with Gasteiger partial charge >= 0.3 is 0 Å². The Labute approximate surface area is 99.0 Å². The summed E-state index contributed by atoms with van der Waals surface area (Å²) in [6.45, 7) is 1.12. The van der Waals surface area contributed by atoms with E-state index in [0.29, 0.717) is 0 Å². The molecule has 1 aromatic rings. The van der Waals surface area contributed by atoms with Crippen LogP contribution in [-0.2, 0) is 13.0 Å². The third-order valence-corrected chi connectivity index (χ3v) is 5.63. The van der Waals surface area contributed by atoms with Crippen molar-refractivity contribution < 1.29 is 4.58 Å². The highest BCUT2D eigenvalue weighted by Gasteiger charge is 2.37. The van der Waals surface area contributed by atoms with Crippen molar-refractivity contribution in [1.29, 1.82) is 0 Å². The minimum Gasteiger partial charge on any atom is -0.210 e. The van der Waals surface area contributed by atoms with Crippen LogP contribution in [0.4, 0.5) is 0 Å². The normalized spacial score (nSPS) is 23.9. The lowest BCUT2D eigenvalue weighted by atomic mass is 9.96. The summed E-state index contributed by atoms with van der Waals surface area (Å²) in [5.41, 5.74) is 3.07. The predicted octanol–water partition coefficient (Wildman–Crippen LogP) is 2.59. The Morgan fingerprint density at radius 2 is 2.13 bits per heavy atom. The second kappa shape index (κ2) is 3.87. The zero-order valence-electron chi connectivity index (χ0n) is 8.77. The van der Waals surface area contributed by atoms with Gasteiger partial charge in [-0.1, -0.05) is 36.0 Å². The maximum atomic E-state index is 2.58. The summed E-state index contributed by atoms with van der Waals surface area (Å²) in [6.07, 6.45) is 3.42. The van der Waals surface area contributed by atoms with Gasteiger partial charge in [-0.2, -0.15) is 0 Å². The summed E-state index contributed by atoms with van der Waals surface area (Å²) >= 11 is 3.92. The average molecular weight is 236 g/mol. The molecule has 0 aliphatic carbocycles. The van der Waals surface area contributed by atoms with Crippen LogP contribution in [0.15, 0.2) is 24.3 Å². The number of fused-ring (bicyclic) bond motifs is 2. The monoisotopic (exact) mass is 236 g/mol. The predicted molar refractivity (Wildman–Crippen MR) is 68.9 cm³/mol. The van der Waals surface area contributed by atoms with Gasteiger partial charge in [0.05, 0.1) is 5.75 Å². The molecule has 1 unspecified atom stereocenters. The fraction of sp³-hybridized carbons (Fsp3) is 0.417. The van der Waals surface area contributed by atoms with E-state index in [9.17, 15) is 0 Å². The first-order valence-electron chi connectivity index (χ1n) is 5.25. The SMILES string of the molecule is CSC1=[N+]2Cc3ccccc3CC2CS1. The Hall–Kier alpha value is -0.410. The molecular formula is C12H14NS2+. The summed E-state index contributed by atoms with van der Waals surface area (Å²) in [4.78, 5) is 0. The van der Waals surface area contributed by atoms with Gasteiger partial charge in [0.25, 0.3) is 4.38 Å². The Morgan fingerprint density at radius 1 is 1.33 bits per heavy atom. The van der Waals surface area contributed by atoms with E-state index >= 15 is 0 Å². The molecule has 0 N–H and O–H groups in total. The van der Waals surface area contributed by atoms with Gasteiger partial charge in [0.2, 0.25) is 0 Å². The average Bonchev–Trinajstić information content (AvgIpc) is 2.68. The number of nitrogens with zero attached hydrogens (tertiary/aromatic N) is 1.